The van der Waals surface area contributed by atoms with E-state index < -0.39 is 0 Å². The van der Waals surface area contributed by atoms with Crippen molar-refractivity contribution in [3.05, 3.63) is 84.1 Å². The third kappa shape index (κ3) is 4.63. The number of hydrogen-bond acceptors (Lipinski definition) is 6. The van der Waals surface area contributed by atoms with E-state index in [1.807, 2.05) is 48.5 Å². The van der Waals surface area contributed by atoms with Gasteiger partial charge in [0.1, 0.15) is 18.1 Å². The highest BCUT2D eigenvalue weighted by Crippen LogP contribution is 2.31. The third-order valence-electron chi connectivity index (χ3n) is 5.36. The molecule has 0 spiro atoms. The molecule has 2 N–H and O–H groups in total. The number of tetrazole rings is 1. The molecular formula is C25H22ClN5O2. The zero-order valence-corrected chi connectivity index (χ0v) is 18.7. The summed E-state index contributed by atoms with van der Waals surface area (Å²) >= 11 is 0. The van der Waals surface area contributed by atoms with Crippen molar-refractivity contribution in [2.24, 2.45) is 0 Å². The summed E-state index contributed by atoms with van der Waals surface area (Å²) in [6.07, 6.45) is 0.808. The Morgan fingerprint density at radius 1 is 0.939 bits per heavy atom. The zero-order chi connectivity index (χ0) is 21.9. The number of H-pyrrole nitrogens is 1. The lowest BCUT2D eigenvalue weighted by Gasteiger charge is -2.12. The Hall–Kier alpha value is -3.97. The largest absolute Gasteiger partial charge is 0.508 e. The minimum atomic E-state index is 0. The number of aryl methyl sites for hydroxylation is 1. The van der Waals surface area contributed by atoms with E-state index in [2.05, 4.69) is 44.7 Å². The summed E-state index contributed by atoms with van der Waals surface area (Å²) in [6, 6.07) is 23.3. The molecule has 33 heavy (non-hydrogen) atoms. The number of rotatable bonds is 6. The van der Waals surface area contributed by atoms with Gasteiger partial charge in [0.05, 0.1) is 5.52 Å². The maximum absolute atomic E-state index is 9.90. The van der Waals surface area contributed by atoms with Crippen molar-refractivity contribution in [2.75, 3.05) is 0 Å². The Labute approximate surface area is 196 Å². The van der Waals surface area contributed by atoms with E-state index in [1.165, 1.54) is 0 Å². The molecule has 166 valence electrons. The second kappa shape index (κ2) is 9.67. The van der Waals surface area contributed by atoms with Crippen LogP contribution in [0.3, 0.4) is 0 Å². The summed E-state index contributed by atoms with van der Waals surface area (Å²) in [5.74, 6) is 1.54. The second-order valence-corrected chi connectivity index (χ2v) is 7.45. The molecule has 0 saturated heterocycles. The first kappa shape index (κ1) is 22.2. The summed E-state index contributed by atoms with van der Waals surface area (Å²) in [5.41, 5.74) is 5.85. The van der Waals surface area contributed by atoms with Gasteiger partial charge in [-0.25, -0.2) is 5.10 Å². The second-order valence-electron chi connectivity index (χ2n) is 7.45. The molecule has 2 aromatic heterocycles. The lowest BCUT2D eigenvalue weighted by Crippen LogP contribution is -1.99. The van der Waals surface area contributed by atoms with Crippen LogP contribution in [0.5, 0.6) is 11.5 Å². The highest BCUT2D eigenvalue weighted by Gasteiger charge is 2.11. The number of fused-ring (bicyclic) bond motifs is 1. The molecule has 5 aromatic rings. The first-order chi connectivity index (χ1) is 15.7. The van der Waals surface area contributed by atoms with Crippen LogP contribution in [0.4, 0.5) is 0 Å². The average molecular weight is 460 g/mol. The SMILES string of the molecule is CCc1cc(OCc2ccc(-c3ccccc3-c3nnn[nH]3)cc2)c2cc(O)ccc2n1.Cl. The number of aromatic amines is 1. The summed E-state index contributed by atoms with van der Waals surface area (Å²) in [6.45, 7) is 2.47. The van der Waals surface area contributed by atoms with E-state index in [4.69, 9.17) is 4.74 Å². The molecule has 0 aliphatic carbocycles. The predicted octanol–water partition coefficient (Wildman–Crippen LogP) is 5.35. The van der Waals surface area contributed by atoms with Crippen LogP contribution >= 0.6 is 12.4 Å². The number of nitrogens with one attached hydrogen (secondary N) is 1. The van der Waals surface area contributed by atoms with Crippen molar-refractivity contribution in [1.29, 1.82) is 0 Å². The van der Waals surface area contributed by atoms with Gasteiger partial charge in [0.25, 0.3) is 0 Å². The first-order valence-electron chi connectivity index (χ1n) is 10.4. The molecule has 5 rings (SSSR count). The summed E-state index contributed by atoms with van der Waals surface area (Å²) < 4.78 is 6.15. The van der Waals surface area contributed by atoms with Crippen LogP contribution in [0.15, 0.2) is 72.8 Å². The van der Waals surface area contributed by atoms with Crippen LogP contribution in [0.25, 0.3) is 33.4 Å². The Morgan fingerprint density at radius 2 is 1.73 bits per heavy atom. The van der Waals surface area contributed by atoms with E-state index in [0.29, 0.717) is 12.4 Å². The average Bonchev–Trinajstić information content (AvgIpc) is 3.38. The van der Waals surface area contributed by atoms with Gasteiger partial charge in [-0.05, 0) is 51.7 Å². The van der Waals surface area contributed by atoms with E-state index in [9.17, 15) is 5.11 Å². The van der Waals surface area contributed by atoms with Gasteiger partial charge in [0.2, 0.25) is 0 Å². The number of aromatic nitrogens is 5. The fraction of sp³-hybridized carbons (Fsp3) is 0.120. The Balaban J connectivity index is 0.00000259. The van der Waals surface area contributed by atoms with Crippen molar-refractivity contribution < 1.29 is 9.84 Å². The van der Waals surface area contributed by atoms with E-state index >= 15 is 0 Å². The zero-order valence-electron chi connectivity index (χ0n) is 17.9. The highest BCUT2D eigenvalue weighted by atomic mass is 35.5. The standard InChI is InChI=1S/C25H21N5O2.ClH/c1-2-18-13-24(22-14-19(31)11-12-23(22)26-18)32-15-16-7-9-17(10-8-16)20-5-3-4-6-21(20)25-27-29-30-28-25;/h3-14,31H,2,15H2,1H3,(H,27,28,29,30);1H. The van der Waals surface area contributed by atoms with Gasteiger partial charge in [-0.1, -0.05) is 55.5 Å². The molecule has 0 aliphatic rings. The van der Waals surface area contributed by atoms with Crippen LogP contribution in [0.2, 0.25) is 0 Å². The molecule has 7 nitrogen and oxygen atoms in total. The van der Waals surface area contributed by atoms with Gasteiger partial charge >= 0.3 is 0 Å². The Bertz CT molecular complexity index is 1370. The van der Waals surface area contributed by atoms with Gasteiger partial charge < -0.3 is 9.84 Å². The first-order valence-corrected chi connectivity index (χ1v) is 10.4. The lowest BCUT2D eigenvalue weighted by molar-refractivity contribution is 0.309. The van der Waals surface area contributed by atoms with Gasteiger partial charge in [-0.2, -0.15) is 0 Å². The maximum atomic E-state index is 9.90. The molecule has 0 fully saturated rings. The summed E-state index contributed by atoms with van der Waals surface area (Å²) in [7, 11) is 0. The number of ether oxygens (including phenoxy) is 1. The van der Waals surface area contributed by atoms with Crippen LogP contribution in [0.1, 0.15) is 18.2 Å². The van der Waals surface area contributed by atoms with E-state index in [-0.39, 0.29) is 18.2 Å². The fourth-order valence-corrected chi connectivity index (χ4v) is 3.69. The Morgan fingerprint density at radius 3 is 2.45 bits per heavy atom. The number of phenols is 1. The minimum absolute atomic E-state index is 0. The number of hydrogen-bond donors (Lipinski definition) is 2. The fourth-order valence-electron chi connectivity index (χ4n) is 3.69. The maximum Gasteiger partial charge on any atom is 0.180 e. The Kier molecular flexibility index (Phi) is 6.51. The number of pyridine rings is 1. The van der Waals surface area contributed by atoms with Gasteiger partial charge in [0, 0.05) is 22.7 Å². The molecule has 3 aromatic carbocycles. The van der Waals surface area contributed by atoms with Crippen LogP contribution in [-0.2, 0) is 13.0 Å². The monoisotopic (exact) mass is 459 g/mol. The predicted molar refractivity (Wildman–Crippen MR) is 129 cm³/mol. The van der Waals surface area contributed by atoms with Crippen LogP contribution in [-0.4, -0.2) is 30.7 Å². The smallest absolute Gasteiger partial charge is 0.180 e. The van der Waals surface area contributed by atoms with Crippen LogP contribution < -0.4 is 4.74 Å². The van der Waals surface area contributed by atoms with Gasteiger partial charge in [-0.15, -0.1) is 17.5 Å². The molecule has 0 amide bonds. The third-order valence-corrected chi connectivity index (χ3v) is 5.36. The summed E-state index contributed by atoms with van der Waals surface area (Å²) in [5, 5.41) is 24.9. The lowest BCUT2D eigenvalue weighted by atomic mass is 9.98. The number of nitrogens with zero attached hydrogens (tertiary/aromatic N) is 4. The van der Waals surface area contributed by atoms with E-state index in [0.717, 1.165) is 51.0 Å². The molecule has 0 bridgehead atoms. The molecule has 0 radical (unpaired) electrons. The molecule has 0 unspecified atom stereocenters. The molecule has 0 atom stereocenters. The van der Waals surface area contributed by atoms with Crippen molar-refractivity contribution in [3.8, 4) is 34.0 Å². The summed E-state index contributed by atoms with van der Waals surface area (Å²) in [4.78, 5) is 4.62. The number of benzene rings is 3. The van der Waals surface area contributed by atoms with Gasteiger partial charge in [0.15, 0.2) is 5.82 Å². The number of aromatic hydroxyl groups is 1. The number of halogens is 1. The molecule has 0 saturated carbocycles. The normalized spacial score (nSPS) is 10.7. The van der Waals surface area contributed by atoms with Crippen LogP contribution in [0, 0.1) is 0 Å². The van der Waals surface area contributed by atoms with Crippen molar-refractivity contribution in [1.82, 2.24) is 25.6 Å². The van der Waals surface area contributed by atoms with Crippen molar-refractivity contribution >= 4 is 23.3 Å². The molecule has 8 heteroatoms. The molecule has 0 aliphatic heterocycles. The van der Waals surface area contributed by atoms with Gasteiger partial charge in [-0.3, -0.25) is 4.98 Å². The molecular weight excluding hydrogens is 438 g/mol. The van der Waals surface area contributed by atoms with E-state index in [1.54, 1.807) is 12.1 Å². The highest BCUT2D eigenvalue weighted by molar-refractivity contribution is 5.86. The topological polar surface area (TPSA) is 96.8 Å². The number of phenolic OH excluding ortho intramolecular Hbond substituents is 1. The van der Waals surface area contributed by atoms with Crippen molar-refractivity contribution in [2.45, 2.75) is 20.0 Å². The quantitative estimate of drug-likeness (QED) is 0.355. The molecule has 2 heterocycles. The minimum Gasteiger partial charge on any atom is -0.508 e. The van der Waals surface area contributed by atoms with Crippen molar-refractivity contribution in [3.63, 3.8) is 0 Å².